The second-order valence-electron chi connectivity index (χ2n) is 5.77. The lowest BCUT2D eigenvalue weighted by Gasteiger charge is -2.00. The van der Waals surface area contributed by atoms with E-state index in [1.54, 1.807) is 30.3 Å². The molecule has 26 heavy (non-hydrogen) atoms. The molecule has 0 saturated carbocycles. The number of nitrogens with zero attached hydrogens (tertiary/aromatic N) is 3. The van der Waals surface area contributed by atoms with E-state index in [1.807, 2.05) is 19.1 Å². The van der Waals surface area contributed by atoms with Crippen LogP contribution in [0.25, 0.3) is 21.7 Å². The highest BCUT2D eigenvalue weighted by Crippen LogP contribution is 2.36. The fraction of sp³-hybridized carbons (Fsp3) is 0.0556. The van der Waals surface area contributed by atoms with Gasteiger partial charge in [0.1, 0.15) is 0 Å². The van der Waals surface area contributed by atoms with Gasteiger partial charge in [-0.1, -0.05) is 36.4 Å². The molecule has 0 saturated heterocycles. The summed E-state index contributed by atoms with van der Waals surface area (Å²) in [4.78, 5) is 27.1. The SMILES string of the molecule is Cc1cccc2c(N=NC(=O)c3n[nH]c(=O)c4ccccc34)c(O)[nH]c12. The molecule has 0 aliphatic carbocycles. The Hall–Kier alpha value is -3.81. The van der Waals surface area contributed by atoms with Crippen LogP contribution in [-0.4, -0.2) is 26.2 Å². The Kier molecular flexibility index (Phi) is 3.58. The van der Waals surface area contributed by atoms with Crippen molar-refractivity contribution >= 4 is 33.3 Å². The number of azo groups is 1. The maximum Gasteiger partial charge on any atom is 0.316 e. The Balaban J connectivity index is 1.79. The normalized spacial score (nSPS) is 11.6. The summed E-state index contributed by atoms with van der Waals surface area (Å²) in [7, 11) is 0. The van der Waals surface area contributed by atoms with Gasteiger partial charge in [0.05, 0.1) is 10.9 Å². The number of carbonyl (C=O) groups is 1. The Morgan fingerprint density at radius 3 is 2.62 bits per heavy atom. The van der Waals surface area contributed by atoms with Crippen LogP contribution >= 0.6 is 0 Å². The molecule has 0 spiro atoms. The molecule has 0 unspecified atom stereocenters. The maximum absolute atomic E-state index is 12.4. The first kappa shape index (κ1) is 15.7. The van der Waals surface area contributed by atoms with Gasteiger partial charge in [-0.15, -0.1) is 10.2 Å². The molecule has 0 bridgehead atoms. The van der Waals surface area contributed by atoms with Crippen molar-refractivity contribution in [3.05, 3.63) is 64.1 Å². The Bertz CT molecular complexity index is 1250. The maximum atomic E-state index is 12.4. The van der Waals surface area contributed by atoms with Crippen LogP contribution in [-0.2, 0) is 0 Å². The number of carbonyl (C=O) groups excluding carboxylic acids is 1. The van der Waals surface area contributed by atoms with E-state index in [9.17, 15) is 14.7 Å². The van der Waals surface area contributed by atoms with Crippen LogP contribution in [0.3, 0.4) is 0 Å². The molecule has 0 atom stereocenters. The number of benzene rings is 2. The van der Waals surface area contributed by atoms with Crippen LogP contribution in [0.2, 0.25) is 0 Å². The van der Waals surface area contributed by atoms with Gasteiger partial charge in [-0.3, -0.25) is 9.59 Å². The van der Waals surface area contributed by atoms with Crippen molar-refractivity contribution in [3.63, 3.8) is 0 Å². The molecule has 2 aromatic heterocycles. The summed E-state index contributed by atoms with van der Waals surface area (Å²) >= 11 is 0. The van der Waals surface area contributed by atoms with Crippen LogP contribution in [0.15, 0.2) is 57.5 Å². The molecule has 8 heteroatoms. The number of fused-ring (bicyclic) bond motifs is 2. The van der Waals surface area contributed by atoms with E-state index in [0.717, 1.165) is 11.1 Å². The summed E-state index contributed by atoms with van der Waals surface area (Å²) in [5, 5.41) is 25.1. The van der Waals surface area contributed by atoms with E-state index in [4.69, 9.17) is 0 Å². The molecule has 3 N–H and O–H groups in total. The minimum Gasteiger partial charge on any atom is -0.493 e. The lowest BCUT2D eigenvalue weighted by Crippen LogP contribution is -2.13. The van der Waals surface area contributed by atoms with Gasteiger partial charge < -0.3 is 10.1 Å². The topological polar surface area (TPSA) is 124 Å². The number of hydrogen-bond donors (Lipinski definition) is 3. The Morgan fingerprint density at radius 2 is 1.81 bits per heavy atom. The van der Waals surface area contributed by atoms with Gasteiger partial charge in [-0.05, 0) is 18.6 Å². The van der Waals surface area contributed by atoms with Crippen molar-refractivity contribution in [2.24, 2.45) is 10.2 Å². The first-order chi connectivity index (χ1) is 12.6. The fourth-order valence-corrected chi connectivity index (χ4v) is 2.86. The number of aromatic hydroxyl groups is 1. The number of H-pyrrole nitrogens is 2. The van der Waals surface area contributed by atoms with Gasteiger partial charge in [-0.2, -0.15) is 5.10 Å². The van der Waals surface area contributed by atoms with Crippen LogP contribution in [0.5, 0.6) is 5.88 Å². The minimum atomic E-state index is -0.723. The number of nitrogens with one attached hydrogen (secondary N) is 2. The molecule has 4 rings (SSSR count). The van der Waals surface area contributed by atoms with Gasteiger partial charge in [0.2, 0.25) is 5.88 Å². The number of aryl methyl sites for hydroxylation is 1. The zero-order valence-electron chi connectivity index (χ0n) is 13.6. The number of hydrogen-bond acceptors (Lipinski definition) is 5. The fourth-order valence-electron chi connectivity index (χ4n) is 2.86. The standard InChI is InChI=1S/C18H13N5O3/c1-9-5-4-8-12-13(9)19-17(25)15(12)21-23-18(26)14-10-6-2-3-7-11(10)16(24)22-20-14/h2-8,19,25H,1H3,(H,22,24). The van der Waals surface area contributed by atoms with E-state index < -0.39 is 5.91 Å². The highest BCUT2D eigenvalue weighted by Gasteiger charge is 2.15. The minimum absolute atomic E-state index is 0.0144. The molecular formula is C18H13N5O3. The predicted molar refractivity (Wildman–Crippen MR) is 95.9 cm³/mol. The Morgan fingerprint density at radius 1 is 1.08 bits per heavy atom. The predicted octanol–water partition coefficient (Wildman–Crippen LogP) is 3.34. The van der Waals surface area contributed by atoms with E-state index in [2.05, 4.69) is 25.4 Å². The van der Waals surface area contributed by atoms with Gasteiger partial charge in [0.25, 0.3) is 5.56 Å². The lowest BCUT2D eigenvalue weighted by molar-refractivity contribution is 0.0991. The summed E-state index contributed by atoms with van der Waals surface area (Å²) in [6.45, 7) is 1.89. The summed E-state index contributed by atoms with van der Waals surface area (Å²) in [5.41, 5.74) is 1.42. The van der Waals surface area contributed by atoms with Crippen LogP contribution in [0.4, 0.5) is 5.69 Å². The van der Waals surface area contributed by atoms with Crippen LogP contribution < -0.4 is 5.56 Å². The molecule has 2 heterocycles. The van der Waals surface area contributed by atoms with Crippen LogP contribution in [0.1, 0.15) is 16.1 Å². The second-order valence-corrected chi connectivity index (χ2v) is 5.77. The summed E-state index contributed by atoms with van der Waals surface area (Å²) in [6, 6.07) is 12.1. The first-order valence-corrected chi connectivity index (χ1v) is 7.80. The summed E-state index contributed by atoms with van der Waals surface area (Å²) in [5.74, 6) is -0.899. The molecule has 0 radical (unpaired) electrons. The smallest absolute Gasteiger partial charge is 0.316 e. The molecule has 128 valence electrons. The van der Waals surface area contributed by atoms with Crippen molar-refractivity contribution in [1.82, 2.24) is 15.2 Å². The molecule has 0 fully saturated rings. The van der Waals surface area contributed by atoms with E-state index >= 15 is 0 Å². The van der Waals surface area contributed by atoms with Gasteiger partial charge in [-0.25, -0.2) is 5.10 Å². The van der Waals surface area contributed by atoms with E-state index in [-0.39, 0.29) is 22.8 Å². The third-order valence-corrected chi connectivity index (χ3v) is 4.14. The first-order valence-electron chi connectivity index (χ1n) is 7.80. The van der Waals surface area contributed by atoms with E-state index in [0.29, 0.717) is 16.2 Å². The van der Waals surface area contributed by atoms with Crippen molar-refractivity contribution in [1.29, 1.82) is 0 Å². The molecule has 0 aliphatic rings. The highest BCUT2D eigenvalue weighted by atomic mass is 16.3. The number of amides is 1. The van der Waals surface area contributed by atoms with E-state index in [1.165, 1.54) is 0 Å². The highest BCUT2D eigenvalue weighted by molar-refractivity contribution is 6.05. The number of para-hydroxylation sites is 1. The summed E-state index contributed by atoms with van der Waals surface area (Å²) < 4.78 is 0. The molecule has 8 nitrogen and oxygen atoms in total. The zero-order chi connectivity index (χ0) is 18.3. The van der Waals surface area contributed by atoms with Crippen molar-refractivity contribution < 1.29 is 9.90 Å². The number of aromatic amines is 2. The van der Waals surface area contributed by atoms with Crippen molar-refractivity contribution in [2.75, 3.05) is 0 Å². The van der Waals surface area contributed by atoms with Crippen LogP contribution in [0, 0.1) is 6.92 Å². The zero-order valence-corrected chi connectivity index (χ0v) is 13.6. The quantitative estimate of drug-likeness (QED) is 0.481. The van der Waals surface area contributed by atoms with Gasteiger partial charge in [0, 0.05) is 10.8 Å². The third kappa shape index (κ3) is 2.44. The second kappa shape index (κ2) is 5.92. The monoisotopic (exact) mass is 347 g/mol. The van der Waals surface area contributed by atoms with Gasteiger partial charge >= 0.3 is 5.91 Å². The third-order valence-electron chi connectivity index (χ3n) is 4.14. The summed E-state index contributed by atoms with van der Waals surface area (Å²) in [6.07, 6.45) is 0. The van der Waals surface area contributed by atoms with Gasteiger partial charge in [0.15, 0.2) is 11.4 Å². The largest absolute Gasteiger partial charge is 0.493 e. The van der Waals surface area contributed by atoms with Crippen molar-refractivity contribution in [3.8, 4) is 5.88 Å². The average Bonchev–Trinajstić information content (AvgIpc) is 2.97. The average molecular weight is 347 g/mol. The number of aromatic nitrogens is 3. The Labute approximate surface area is 146 Å². The molecular weight excluding hydrogens is 334 g/mol. The number of rotatable bonds is 2. The lowest BCUT2D eigenvalue weighted by atomic mass is 10.1. The van der Waals surface area contributed by atoms with Crippen molar-refractivity contribution in [2.45, 2.75) is 6.92 Å². The molecule has 0 aliphatic heterocycles. The molecule has 1 amide bonds. The molecule has 4 aromatic rings. The molecule has 2 aromatic carbocycles.